The van der Waals surface area contributed by atoms with Crippen molar-refractivity contribution in [2.75, 3.05) is 18.4 Å². The van der Waals surface area contributed by atoms with E-state index in [9.17, 15) is 14.0 Å². The molecule has 1 aromatic carbocycles. The number of pyridine rings is 1. The van der Waals surface area contributed by atoms with Gasteiger partial charge < -0.3 is 15.5 Å². The van der Waals surface area contributed by atoms with Crippen LogP contribution in [0.3, 0.4) is 0 Å². The molecule has 0 unspecified atom stereocenters. The number of aromatic nitrogens is 1. The summed E-state index contributed by atoms with van der Waals surface area (Å²) in [6.07, 6.45) is 6.51. The van der Waals surface area contributed by atoms with Gasteiger partial charge in [-0.3, -0.25) is 9.78 Å². The van der Waals surface area contributed by atoms with Crippen molar-refractivity contribution in [2.45, 2.75) is 32.2 Å². The fourth-order valence-corrected chi connectivity index (χ4v) is 3.38. The zero-order valence-corrected chi connectivity index (χ0v) is 15.7. The highest BCUT2D eigenvalue weighted by Crippen LogP contribution is 2.22. The van der Waals surface area contributed by atoms with E-state index in [0.29, 0.717) is 31.7 Å². The molecule has 2 aromatic rings. The average molecular weight is 384 g/mol. The molecule has 1 atom stereocenters. The van der Waals surface area contributed by atoms with E-state index in [1.54, 1.807) is 29.4 Å². The molecule has 3 amide bonds. The minimum atomic E-state index is -0.383. The molecule has 1 fully saturated rings. The summed E-state index contributed by atoms with van der Waals surface area (Å²) in [5.74, 6) is -0.0899. The molecule has 6 nitrogen and oxygen atoms in total. The van der Waals surface area contributed by atoms with Gasteiger partial charge in [-0.2, -0.15) is 0 Å². The Morgan fingerprint density at radius 2 is 2.14 bits per heavy atom. The summed E-state index contributed by atoms with van der Waals surface area (Å²) in [4.78, 5) is 30.3. The van der Waals surface area contributed by atoms with E-state index in [0.717, 1.165) is 24.8 Å². The smallest absolute Gasteiger partial charge is 0.321 e. The Bertz CT molecular complexity index is 800. The second kappa shape index (κ2) is 9.82. The monoisotopic (exact) mass is 384 g/mol. The van der Waals surface area contributed by atoms with Crippen LogP contribution in [0, 0.1) is 11.7 Å². The van der Waals surface area contributed by atoms with Crippen LogP contribution in [-0.4, -0.2) is 34.9 Å². The van der Waals surface area contributed by atoms with E-state index in [4.69, 9.17) is 0 Å². The minimum absolute atomic E-state index is 0.00480. The number of hydrogen-bond donors (Lipinski definition) is 2. The lowest BCUT2D eigenvalue weighted by atomic mass is 9.93. The normalized spacial score (nSPS) is 16.5. The number of carbonyl (C=O) groups excluding carboxylic acids is 2. The van der Waals surface area contributed by atoms with E-state index in [2.05, 4.69) is 15.6 Å². The number of piperidine rings is 1. The number of nitrogens with zero attached hydrogens (tertiary/aromatic N) is 2. The third-order valence-corrected chi connectivity index (χ3v) is 4.87. The summed E-state index contributed by atoms with van der Waals surface area (Å²) in [6.45, 7) is 1.75. The van der Waals surface area contributed by atoms with Crippen LogP contribution in [0.2, 0.25) is 0 Å². The molecular formula is C21H25FN4O2. The minimum Gasteiger partial charge on any atom is -0.352 e. The number of hydrogen-bond acceptors (Lipinski definition) is 3. The predicted octanol–water partition coefficient (Wildman–Crippen LogP) is 3.56. The number of urea groups is 1. The van der Waals surface area contributed by atoms with Crippen LogP contribution in [0.15, 0.2) is 48.8 Å². The van der Waals surface area contributed by atoms with E-state index in [1.807, 2.05) is 12.1 Å². The van der Waals surface area contributed by atoms with Gasteiger partial charge in [0.1, 0.15) is 5.82 Å². The Morgan fingerprint density at radius 1 is 1.25 bits per heavy atom. The number of halogens is 1. The number of benzene rings is 1. The van der Waals surface area contributed by atoms with Gasteiger partial charge in [0.05, 0.1) is 0 Å². The number of rotatable bonds is 6. The molecule has 3 rings (SSSR count). The van der Waals surface area contributed by atoms with Crippen LogP contribution in [0.1, 0.15) is 31.2 Å². The van der Waals surface area contributed by atoms with Gasteiger partial charge in [-0.25, -0.2) is 9.18 Å². The SMILES string of the molecule is O=C(CC[C@@H]1CCCN(C(=O)Nc2cccc(F)c2)C1)NCc1cccnc1. The van der Waals surface area contributed by atoms with Crippen molar-refractivity contribution < 1.29 is 14.0 Å². The van der Waals surface area contributed by atoms with Crippen molar-refractivity contribution >= 4 is 17.6 Å². The standard InChI is InChI=1S/C21H25FN4O2/c22-18-6-1-7-19(12-18)25-21(28)26-11-3-5-16(15-26)8-9-20(27)24-14-17-4-2-10-23-13-17/h1-2,4,6-7,10,12-13,16H,3,5,8-9,11,14-15H2,(H,24,27)(H,25,28)/t16-/m0/s1. The molecule has 1 aromatic heterocycles. The first-order chi connectivity index (χ1) is 13.6. The third-order valence-electron chi connectivity index (χ3n) is 4.87. The Hall–Kier alpha value is -2.96. The molecule has 0 aliphatic carbocycles. The van der Waals surface area contributed by atoms with Crippen LogP contribution in [-0.2, 0) is 11.3 Å². The number of carbonyl (C=O) groups is 2. The topological polar surface area (TPSA) is 74.3 Å². The highest BCUT2D eigenvalue weighted by molar-refractivity contribution is 5.89. The molecule has 0 bridgehead atoms. The van der Waals surface area contributed by atoms with Gasteiger partial charge in [0.15, 0.2) is 0 Å². The maximum Gasteiger partial charge on any atom is 0.321 e. The van der Waals surface area contributed by atoms with Crippen molar-refractivity contribution in [2.24, 2.45) is 5.92 Å². The molecule has 1 saturated heterocycles. The Morgan fingerprint density at radius 3 is 2.93 bits per heavy atom. The fraction of sp³-hybridized carbons (Fsp3) is 0.381. The predicted molar refractivity (Wildman–Crippen MR) is 105 cm³/mol. The zero-order valence-electron chi connectivity index (χ0n) is 15.7. The summed E-state index contributed by atoms with van der Waals surface area (Å²) < 4.78 is 13.3. The number of likely N-dealkylation sites (tertiary alicyclic amines) is 1. The lowest BCUT2D eigenvalue weighted by molar-refractivity contribution is -0.121. The van der Waals surface area contributed by atoms with Crippen LogP contribution >= 0.6 is 0 Å². The van der Waals surface area contributed by atoms with Gasteiger partial charge in [0.25, 0.3) is 0 Å². The first kappa shape index (κ1) is 19.8. The molecule has 7 heteroatoms. The number of nitrogens with one attached hydrogen (secondary N) is 2. The van der Waals surface area contributed by atoms with Crippen molar-refractivity contribution in [3.05, 3.63) is 60.2 Å². The van der Waals surface area contributed by atoms with Crippen LogP contribution in [0.25, 0.3) is 0 Å². The summed E-state index contributed by atoms with van der Waals surface area (Å²) in [6, 6.07) is 9.40. The van der Waals surface area contributed by atoms with E-state index in [1.165, 1.54) is 12.1 Å². The van der Waals surface area contributed by atoms with Gasteiger partial charge in [-0.15, -0.1) is 0 Å². The molecular weight excluding hydrogens is 359 g/mol. The largest absolute Gasteiger partial charge is 0.352 e. The van der Waals surface area contributed by atoms with Crippen LogP contribution in [0.5, 0.6) is 0 Å². The Balaban J connectivity index is 1.41. The maximum atomic E-state index is 13.3. The van der Waals surface area contributed by atoms with Crippen molar-refractivity contribution in [3.63, 3.8) is 0 Å². The van der Waals surface area contributed by atoms with E-state index in [-0.39, 0.29) is 23.7 Å². The van der Waals surface area contributed by atoms with Gasteiger partial charge in [-0.1, -0.05) is 12.1 Å². The van der Waals surface area contributed by atoms with E-state index < -0.39 is 0 Å². The molecule has 2 N–H and O–H groups in total. The molecule has 148 valence electrons. The average Bonchev–Trinajstić information content (AvgIpc) is 2.72. The maximum absolute atomic E-state index is 13.3. The van der Waals surface area contributed by atoms with Gasteiger partial charge in [0.2, 0.25) is 5.91 Å². The van der Waals surface area contributed by atoms with Crippen molar-refractivity contribution in [1.29, 1.82) is 0 Å². The Kier molecular flexibility index (Phi) is 6.94. The lowest BCUT2D eigenvalue weighted by Crippen LogP contribution is -2.42. The molecule has 0 spiro atoms. The fourth-order valence-electron chi connectivity index (χ4n) is 3.38. The lowest BCUT2D eigenvalue weighted by Gasteiger charge is -2.32. The summed E-state index contributed by atoms with van der Waals surface area (Å²) >= 11 is 0. The molecule has 0 saturated carbocycles. The van der Waals surface area contributed by atoms with Gasteiger partial charge >= 0.3 is 6.03 Å². The number of amides is 3. The second-order valence-electron chi connectivity index (χ2n) is 7.07. The highest BCUT2D eigenvalue weighted by Gasteiger charge is 2.24. The highest BCUT2D eigenvalue weighted by atomic mass is 19.1. The Labute approximate surface area is 164 Å². The first-order valence-electron chi connectivity index (χ1n) is 9.57. The van der Waals surface area contributed by atoms with Gasteiger partial charge in [-0.05, 0) is 55.0 Å². The van der Waals surface area contributed by atoms with Gasteiger partial charge in [0, 0.05) is 44.1 Å². The van der Waals surface area contributed by atoms with E-state index >= 15 is 0 Å². The number of anilines is 1. The second-order valence-corrected chi connectivity index (χ2v) is 7.07. The third kappa shape index (κ3) is 6.04. The quantitative estimate of drug-likeness (QED) is 0.800. The molecule has 0 radical (unpaired) electrons. The van der Waals surface area contributed by atoms with Crippen LogP contribution in [0.4, 0.5) is 14.9 Å². The zero-order chi connectivity index (χ0) is 19.8. The van der Waals surface area contributed by atoms with Crippen LogP contribution < -0.4 is 10.6 Å². The molecule has 1 aliphatic heterocycles. The summed E-state index contributed by atoms with van der Waals surface area (Å²) in [5.41, 5.74) is 1.41. The first-order valence-corrected chi connectivity index (χ1v) is 9.57. The summed E-state index contributed by atoms with van der Waals surface area (Å²) in [7, 11) is 0. The summed E-state index contributed by atoms with van der Waals surface area (Å²) in [5, 5.41) is 5.64. The molecule has 28 heavy (non-hydrogen) atoms. The van der Waals surface area contributed by atoms with Crippen molar-refractivity contribution in [3.8, 4) is 0 Å². The van der Waals surface area contributed by atoms with Crippen molar-refractivity contribution in [1.82, 2.24) is 15.2 Å². The molecule has 2 heterocycles. The molecule has 1 aliphatic rings.